The molecule has 2 fully saturated rings. The molecular weight excluding hydrogens is 562 g/mol. The summed E-state index contributed by atoms with van der Waals surface area (Å²) in [5.41, 5.74) is 2.83. The van der Waals surface area contributed by atoms with E-state index in [1.165, 1.54) is 4.90 Å². The van der Waals surface area contributed by atoms with Crippen LogP contribution in [0.1, 0.15) is 17.2 Å². The lowest BCUT2D eigenvalue weighted by Crippen LogP contribution is -2.57. The number of hydrogen-bond acceptors (Lipinski definition) is 5. The van der Waals surface area contributed by atoms with Crippen LogP contribution in [0.25, 0.3) is 21.9 Å². The SMILES string of the molecule is O=C1C2C(c3ccc(-c4ccccc4)cc3)NC(Cc3ccc4ccccc4c3)(C(=O)O)C2C(=O)N1CCNc1ccccc1. The first kappa shape index (κ1) is 28.5. The van der Waals surface area contributed by atoms with Crippen molar-refractivity contribution in [3.05, 3.63) is 139 Å². The fourth-order valence-corrected chi connectivity index (χ4v) is 7.06. The topological polar surface area (TPSA) is 98.7 Å². The Morgan fingerprint density at radius 3 is 2.11 bits per heavy atom. The van der Waals surface area contributed by atoms with E-state index in [1.54, 1.807) is 0 Å². The van der Waals surface area contributed by atoms with Gasteiger partial charge in [-0.2, -0.15) is 0 Å². The van der Waals surface area contributed by atoms with Crippen LogP contribution in [-0.4, -0.2) is 46.4 Å². The first-order valence-corrected chi connectivity index (χ1v) is 15.2. The standard InChI is InChI=1S/C38H33N3O4/c42-35-32-33(36(43)41(35)22-21-39-31-13-5-2-6-14-31)38(37(44)45,24-25-15-16-27-11-7-8-12-30(27)23-25)40-34(32)29-19-17-28(18-20-29)26-9-3-1-4-10-26/h1-20,23,32-34,39-40H,21-22,24H2,(H,44,45). The molecule has 4 unspecified atom stereocenters. The molecular formula is C38H33N3O4. The van der Waals surface area contributed by atoms with E-state index < -0.39 is 35.3 Å². The molecule has 2 saturated heterocycles. The van der Waals surface area contributed by atoms with Gasteiger partial charge in [0.15, 0.2) is 0 Å². The summed E-state index contributed by atoms with van der Waals surface area (Å²) in [5.74, 6) is -3.84. The van der Waals surface area contributed by atoms with E-state index in [1.807, 2.05) is 127 Å². The second kappa shape index (κ2) is 11.7. The highest BCUT2D eigenvalue weighted by Crippen LogP contribution is 2.50. The van der Waals surface area contributed by atoms with Gasteiger partial charge in [-0.1, -0.05) is 115 Å². The molecule has 7 heteroatoms. The molecule has 0 aromatic heterocycles. The van der Waals surface area contributed by atoms with E-state index in [0.717, 1.165) is 38.7 Å². The molecule has 0 radical (unpaired) electrons. The van der Waals surface area contributed by atoms with Crippen molar-refractivity contribution < 1.29 is 19.5 Å². The summed E-state index contributed by atoms with van der Waals surface area (Å²) in [6.07, 6.45) is 0.0576. The van der Waals surface area contributed by atoms with Crippen LogP contribution in [0.3, 0.4) is 0 Å². The van der Waals surface area contributed by atoms with E-state index in [9.17, 15) is 19.5 Å². The molecule has 0 saturated carbocycles. The zero-order chi connectivity index (χ0) is 31.0. The van der Waals surface area contributed by atoms with Crippen molar-refractivity contribution in [3.8, 4) is 11.1 Å². The number of amides is 2. The van der Waals surface area contributed by atoms with Gasteiger partial charge >= 0.3 is 5.97 Å². The fraction of sp³-hybridized carbons (Fsp3) is 0.184. The molecule has 2 heterocycles. The van der Waals surface area contributed by atoms with Gasteiger partial charge in [0.2, 0.25) is 11.8 Å². The van der Waals surface area contributed by atoms with Gasteiger partial charge in [-0.15, -0.1) is 0 Å². The summed E-state index contributed by atoms with van der Waals surface area (Å²) in [6, 6.07) is 40.5. The second-order valence-corrected chi connectivity index (χ2v) is 11.9. The Hall–Kier alpha value is -5.27. The monoisotopic (exact) mass is 595 g/mol. The number of likely N-dealkylation sites (tertiary alicyclic amines) is 1. The number of carboxylic acids is 1. The van der Waals surface area contributed by atoms with Crippen molar-refractivity contribution in [2.75, 3.05) is 18.4 Å². The average Bonchev–Trinajstić information content (AvgIpc) is 3.55. The largest absolute Gasteiger partial charge is 0.480 e. The maximum atomic E-state index is 14.2. The number of rotatable bonds is 9. The number of carbonyl (C=O) groups excluding carboxylic acids is 2. The molecule has 45 heavy (non-hydrogen) atoms. The molecule has 2 aliphatic heterocycles. The van der Waals surface area contributed by atoms with Crippen LogP contribution in [0, 0.1) is 11.8 Å². The van der Waals surface area contributed by atoms with Crippen molar-refractivity contribution in [3.63, 3.8) is 0 Å². The van der Waals surface area contributed by atoms with Crippen molar-refractivity contribution >= 4 is 34.2 Å². The van der Waals surface area contributed by atoms with Crippen molar-refractivity contribution in [1.29, 1.82) is 0 Å². The number of hydrogen-bond donors (Lipinski definition) is 3. The summed E-state index contributed by atoms with van der Waals surface area (Å²) >= 11 is 0. The Balaban J connectivity index is 1.25. The fourth-order valence-electron chi connectivity index (χ4n) is 7.06. The molecule has 7 nitrogen and oxygen atoms in total. The van der Waals surface area contributed by atoms with E-state index in [-0.39, 0.29) is 18.9 Å². The predicted octanol–water partition coefficient (Wildman–Crippen LogP) is 5.93. The van der Waals surface area contributed by atoms with E-state index >= 15 is 0 Å². The van der Waals surface area contributed by atoms with Crippen molar-refractivity contribution in [1.82, 2.24) is 10.2 Å². The van der Waals surface area contributed by atoms with E-state index in [4.69, 9.17) is 0 Å². The number of aliphatic carboxylic acids is 1. The Kier molecular flexibility index (Phi) is 7.39. The molecule has 4 atom stereocenters. The minimum absolute atomic E-state index is 0.0576. The van der Waals surface area contributed by atoms with Crippen LogP contribution in [0.2, 0.25) is 0 Å². The Bertz CT molecular complexity index is 1880. The summed E-state index contributed by atoms with van der Waals surface area (Å²) in [6.45, 7) is 0.500. The zero-order valence-corrected chi connectivity index (χ0v) is 24.6. The number of fused-ring (bicyclic) bond motifs is 2. The van der Waals surface area contributed by atoms with Crippen molar-refractivity contribution in [2.24, 2.45) is 11.8 Å². The lowest BCUT2D eigenvalue weighted by atomic mass is 9.76. The van der Waals surface area contributed by atoms with Gasteiger partial charge in [0.1, 0.15) is 5.54 Å². The Morgan fingerprint density at radius 2 is 1.40 bits per heavy atom. The maximum absolute atomic E-state index is 14.2. The highest BCUT2D eigenvalue weighted by atomic mass is 16.4. The lowest BCUT2D eigenvalue weighted by molar-refractivity contribution is -0.151. The maximum Gasteiger partial charge on any atom is 0.325 e. The first-order valence-electron chi connectivity index (χ1n) is 15.2. The van der Waals surface area contributed by atoms with Crippen LogP contribution in [0.4, 0.5) is 5.69 Å². The summed E-state index contributed by atoms with van der Waals surface area (Å²) in [5, 5.41) is 19.6. The second-order valence-electron chi connectivity index (χ2n) is 11.9. The molecule has 5 aromatic carbocycles. The normalized spacial score (nSPS) is 22.5. The molecule has 2 amide bonds. The number of anilines is 1. The third-order valence-electron chi connectivity index (χ3n) is 9.24. The molecule has 2 aliphatic rings. The first-order chi connectivity index (χ1) is 21.9. The smallest absolute Gasteiger partial charge is 0.325 e. The van der Waals surface area contributed by atoms with Gasteiger partial charge in [0, 0.05) is 31.2 Å². The molecule has 7 rings (SSSR count). The molecule has 0 aliphatic carbocycles. The molecule has 0 spiro atoms. The number of carboxylic acid groups (broad SMARTS) is 1. The van der Waals surface area contributed by atoms with Gasteiger partial charge < -0.3 is 10.4 Å². The van der Waals surface area contributed by atoms with Gasteiger partial charge in [-0.05, 0) is 45.2 Å². The Labute approximate surface area is 261 Å². The van der Waals surface area contributed by atoms with Crippen LogP contribution in [0.15, 0.2) is 127 Å². The minimum Gasteiger partial charge on any atom is -0.480 e. The summed E-state index contributed by atoms with van der Waals surface area (Å²) in [7, 11) is 0. The number of para-hydroxylation sites is 1. The molecule has 0 bridgehead atoms. The number of imide groups is 1. The third-order valence-corrected chi connectivity index (χ3v) is 9.24. The van der Waals surface area contributed by atoms with Gasteiger partial charge in [0.25, 0.3) is 0 Å². The lowest BCUT2D eigenvalue weighted by Gasteiger charge is -2.31. The highest BCUT2D eigenvalue weighted by molar-refractivity contribution is 6.09. The van der Waals surface area contributed by atoms with Crippen LogP contribution in [0.5, 0.6) is 0 Å². The van der Waals surface area contributed by atoms with Gasteiger partial charge in [0.05, 0.1) is 11.8 Å². The van der Waals surface area contributed by atoms with Gasteiger partial charge in [-0.3, -0.25) is 24.6 Å². The number of nitrogens with zero attached hydrogens (tertiary/aromatic N) is 1. The molecule has 3 N–H and O–H groups in total. The van der Waals surface area contributed by atoms with E-state index in [0.29, 0.717) is 6.54 Å². The van der Waals surface area contributed by atoms with Crippen LogP contribution >= 0.6 is 0 Å². The predicted molar refractivity (Wildman–Crippen MR) is 174 cm³/mol. The molecule has 224 valence electrons. The zero-order valence-electron chi connectivity index (χ0n) is 24.6. The average molecular weight is 596 g/mol. The number of nitrogens with one attached hydrogen (secondary N) is 2. The Morgan fingerprint density at radius 1 is 0.756 bits per heavy atom. The van der Waals surface area contributed by atoms with Crippen molar-refractivity contribution in [2.45, 2.75) is 18.0 Å². The molecule has 5 aromatic rings. The number of carbonyl (C=O) groups is 3. The summed E-state index contributed by atoms with van der Waals surface area (Å²) in [4.78, 5) is 42.9. The quantitative estimate of drug-likeness (QED) is 0.183. The van der Waals surface area contributed by atoms with Crippen LogP contribution in [-0.2, 0) is 20.8 Å². The van der Waals surface area contributed by atoms with Crippen LogP contribution < -0.4 is 10.6 Å². The minimum atomic E-state index is -1.68. The highest BCUT2D eigenvalue weighted by Gasteiger charge is 2.68. The van der Waals surface area contributed by atoms with Gasteiger partial charge in [-0.25, -0.2) is 0 Å². The third kappa shape index (κ3) is 5.15. The summed E-state index contributed by atoms with van der Waals surface area (Å²) < 4.78 is 0. The number of benzene rings is 5. The van der Waals surface area contributed by atoms with E-state index in [2.05, 4.69) is 10.6 Å².